The molecule has 0 aromatic carbocycles. The summed E-state index contributed by atoms with van der Waals surface area (Å²) in [7, 11) is 0. The van der Waals surface area contributed by atoms with Gasteiger partial charge in [-0.3, -0.25) is 9.58 Å². The highest BCUT2D eigenvalue weighted by atomic mass is 15.3. The minimum Gasteiger partial charge on any atom is -0.326 e. The molecule has 0 aliphatic carbocycles. The third-order valence-electron chi connectivity index (χ3n) is 5.14. The second-order valence-corrected chi connectivity index (χ2v) is 6.24. The standard InChI is InChI=1S/C17H34N4/c1-7-14(5)21-12-11-15(19-21)13-16(18)17(6,8-2)20(9-3)10-4/h11-12,14,16H,7-10,13,18H2,1-6H3. The Balaban J connectivity index is 2.82. The van der Waals surface area contributed by atoms with Gasteiger partial charge in [-0.2, -0.15) is 5.10 Å². The van der Waals surface area contributed by atoms with E-state index >= 15 is 0 Å². The van der Waals surface area contributed by atoms with Gasteiger partial charge < -0.3 is 5.73 Å². The fourth-order valence-electron chi connectivity index (χ4n) is 3.03. The number of likely N-dealkylation sites (N-methyl/N-ethyl adjacent to an activating group) is 1. The average molecular weight is 294 g/mol. The molecule has 1 rings (SSSR count). The van der Waals surface area contributed by atoms with E-state index in [0.717, 1.165) is 38.0 Å². The van der Waals surface area contributed by atoms with Crippen LogP contribution in [0.25, 0.3) is 0 Å². The Morgan fingerprint density at radius 2 is 1.90 bits per heavy atom. The predicted molar refractivity (Wildman–Crippen MR) is 90.5 cm³/mol. The van der Waals surface area contributed by atoms with Crippen LogP contribution in [0.1, 0.15) is 66.1 Å². The molecule has 0 radical (unpaired) electrons. The zero-order valence-electron chi connectivity index (χ0n) is 14.8. The van der Waals surface area contributed by atoms with E-state index in [1.165, 1.54) is 0 Å². The van der Waals surface area contributed by atoms with Crippen molar-refractivity contribution in [3.8, 4) is 0 Å². The third kappa shape index (κ3) is 4.07. The molecule has 0 fully saturated rings. The largest absolute Gasteiger partial charge is 0.326 e. The van der Waals surface area contributed by atoms with Crippen molar-refractivity contribution in [2.45, 2.75) is 78.4 Å². The SMILES string of the molecule is CCC(C)n1ccc(CC(N)C(C)(CC)N(CC)CC)n1. The molecule has 0 saturated carbocycles. The van der Waals surface area contributed by atoms with Gasteiger partial charge in [0.05, 0.1) is 5.69 Å². The first-order valence-electron chi connectivity index (χ1n) is 8.47. The number of hydrogen-bond donors (Lipinski definition) is 1. The number of nitrogens with zero attached hydrogens (tertiary/aromatic N) is 3. The molecule has 3 atom stereocenters. The monoisotopic (exact) mass is 294 g/mol. The first-order chi connectivity index (χ1) is 9.92. The Morgan fingerprint density at radius 1 is 1.29 bits per heavy atom. The second-order valence-electron chi connectivity index (χ2n) is 6.24. The molecule has 0 bridgehead atoms. The number of rotatable bonds is 9. The Kier molecular flexibility index (Phi) is 6.88. The summed E-state index contributed by atoms with van der Waals surface area (Å²) in [6, 6.07) is 2.67. The summed E-state index contributed by atoms with van der Waals surface area (Å²) in [6.45, 7) is 15.4. The van der Waals surface area contributed by atoms with Crippen molar-refractivity contribution in [1.82, 2.24) is 14.7 Å². The van der Waals surface area contributed by atoms with E-state index in [2.05, 4.69) is 63.4 Å². The van der Waals surface area contributed by atoms with Gasteiger partial charge in [-0.1, -0.05) is 27.7 Å². The zero-order chi connectivity index (χ0) is 16.0. The lowest BCUT2D eigenvalue weighted by Gasteiger charge is -2.44. The Hall–Kier alpha value is -0.870. The van der Waals surface area contributed by atoms with Crippen molar-refractivity contribution in [1.29, 1.82) is 0 Å². The summed E-state index contributed by atoms with van der Waals surface area (Å²) in [5, 5.41) is 4.70. The molecule has 1 heterocycles. The van der Waals surface area contributed by atoms with E-state index in [-0.39, 0.29) is 11.6 Å². The van der Waals surface area contributed by atoms with Crippen molar-refractivity contribution in [2.75, 3.05) is 13.1 Å². The van der Waals surface area contributed by atoms with Crippen molar-refractivity contribution < 1.29 is 0 Å². The van der Waals surface area contributed by atoms with Crippen LogP contribution in [0, 0.1) is 0 Å². The van der Waals surface area contributed by atoms with Gasteiger partial charge in [-0.05, 0) is 45.8 Å². The molecule has 0 spiro atoms. The summed E-state index contributed by atoms with van der Waals surface area (Å²) in [5.74, 6) is 0. The van der Waals surface area contributed by atoms with Crippen LogP contribution in [0.4, 0.5) is 0 Å². The molecule has 0 saturated heterocycles. The van der Waals surface area contributed by atoms with E-state index in [9.17, 15) is 0 Å². The van der Waals surface area contributed by atoms with E-state index in [0.29, 0.717) is 6.04 Å². The molecule has 122 valence electrons. The lowest BCUT2D eigenvalue weighted by atomic mass is 9.85. The summed E-state index contributed by atoms with van der Waals surface area (Å²) in [4.78, 5) is 2.48. The summed E-state index contributed by atoms with van der Waals surface area (Å²) >= 11 is 0. The maximum absolute atomic E-state index is 6.57. The number of aromatic nitrogens is 2. The molecule has 4 nitrogen and oxygen atoms in total. The van der Waals surface area contributed by atoms with Gasteiger partial charge in [-0.25, -0.2) is 0 Å². The molecule has 1 aromatic heterocycles. The summed E-state index contributed by atoms with van der Waals surface area (Å²) in [6.07, 6.45) is 5.07. The molecule has 0 aliphatic heterocycles. The smallest absolute Gasteiger partial charge is 0.0640 e. The minimum atomic E-state index is 0.0314. The molecule has 0 amide bonds. The maximum Gasteiger partial charge on any atom is 0.0640 e. The zero-order valence-corrected chi connectivity index (χ0v) is 14.8. The van der Waals surface area contributed by atoms with Crippen LogP contribution in [0.3, 0.4) is 0 Å². The highest BCUT2D eigenvalue weighted by Crippen LogP contribution is 2.24. The fourth-order valence-corrected chi connectivity index (χ4v) is 3.03. The van der Waals surface area contributed by atoms with Crippen LogP contribution in [0.15, 0.2) is 12.3 Å². The van der Waals surface area contributed by atoms with Crippen LogP contribution in [-0.4, -0.2) is 39.4 Å². The lowest BCUT2D eigenvalue weighted by molar-refractivity contribution is 0.0841. The molecule has 2 N–H and O–H groups in total. The Bertz CT molecular complexity index is 411. The Labute approximate surface area is 130 Å². The van der Waals surface area contributed by atoms with E-state index in [1.807, 2.05) is 0 Å². The first-order valence-corrected chi connectivity index (χ1v) is 8.47. The van der Waals surface area contributed by atoms with Crippen LogP contribution >= 0.6 is 0 Å². The van der Waals surface area contributed by atoms with Crippen molar-refractivity contribution in [2.24, 2.45) is 5.73 Å². The topological polar surface area (TPSA) is 47.1 Å². The highest BCUT2D eigenvalue weighted by molar-refractivity contribution is 5.06. The molecule has 21 heavy (non-hydrogen) atoms. The predicted octanol–water partition coefficient (Wildman–Crippen LogP) is 3.23. The van der Waals surface area contributed by atoms with Crippen molar-refractivity contribution in [3.05, 3.63) is 18.0 Å². The van der Waals surface area contributed by atoms with Gasteiger partial charge >= 0.3 is 0 Å². The lowest BCUT2D eigenvalue weighted by Crippen LogP contribution is -2.58. The number of hydrogen-bond acceptors (Lipinski definition) is 3. The molecular formula is C17H34N4. The molecule has 1 aromatic rings. The summed E-state index contributed by atoms with van der Waals surface area (Å²) < 4.78 is 2.06. The van der Waals surface area contributed by atoms with Crippen LogP contribution in [0.5, 0.6) is 0 Å². The highest BCUT2D eigenvalue weighted by Gasteiger charge is 2.35. The van der Waals surface area contributed by atoms with E-state index in [4.69, 9.17) is 10.8 Å². The number of nitrogens with two attached hydrogens (primary N) is 1. The maximum atomic E-state index is 6.57. The van der Waals surface area contributed by atoms with Crippen LogP contribution in [-0.2, 0) is 6.42 Å². The van der Waals surface area contributed by atoms with Crippen molar-refractivity contribution in [3.63, 3.8) is 0 Å². The first kappa shape index (κ1) is 18.2. The quantitative estimate of drug-likeness (QED) is 0.760. The van der Waals surface area contributed by atoms with Gasteiger partial charge in [0.1, 0.15) is 0 Å². The Morgan fingerprint density at radius 3 is 2.38 bits per heavy atom. The molecule has 0 aliphatic rings. The van der Waals surface area contributed by atoms with Gasteiger partial charge in [-0.15, -0.1) is 0 Å². The van der Waals surface area contributed by atoms with Crippen LogP contribution < -0.4 is 5.73 Å². The van der Waals surface area contributed by atoms with Gasteiger partial charge in [0.25, 0.3) is 0 Å². The third-order valence-corrected chi connectivity index (χ3v) is 5.14. The van der Waals surface area contributed by atoms with E-state index in [1.54, 1.807) is 0 Å². The molecule has 3 unspecified atom stereocenters. The summed E-state index contributed by atoms with van der Waals surface area (Å²) in [5.41, 5.74) is 7.71. The second kappa shape index (κ2) is 7.95. The molecule has 4 heteroatoms. The van der Waals surface area contributed by atoms with Gasteiger partial charge in [0, 0.05) is 30.2 Å². The fraction of sp³-hybridized carbons (Fsp3) is 0.824. The van der Waals surface area contributed by atoms with Crippen LogP contribution in [0.2, 0.25) is 0 Å². The minimum absolute atomic E-state index is 0.0314. The van der Waals surface area contributed by atoms with Gasteiger partial charge in [0.15, 0.2) is 0 Å². The molecular weight excluding hydrogens is 260 g/mol. The van der Waals surface area contributed by atoms with E-state index < -0.39 is 0 Å². The average Bonchev–Trinajstić information content (AvgIpc) is 2.95. The van der Waals surface area contributed by atoms with Crippen molar-refractivity contribution >= 4 is 0 Å². The van der Waals surface area contributed by atoms with Gasteiger partial charge in [0.2, 0.25) is 0 Å². The normalized spacial score (nSPS) is 17.7.